The summed E-state index contributed by atoms with van der Waals surface area (Å²) in [6, 6.07) is 10.4. The minimum Gasteiger partial charge on any atom is -0.422 e. The normalized spacial score (nSPS) is 10.7. The third-order valence-electron chi connectivity index (χ3n) is 2.95. The second-order valence-corrected chi connectivity index (χ2v) is 5.51. The van der Waals surface area contributed by atoms with Gasteiger partial charge in [0, 0.05) is 16.4 Å². The second-order valence-electron chi connectivity index (χ2n) is 4.67. The number of oxazole rings is 1. The van der Waals surface area contributed by atoms with Gasteiger partial charge in [-0.05, 0) is 30.3 Å². The molecule has 2 aromatic carbocycles. The smallest absolute Gasteiger partial charge is 0.300 e. The van der Waals surface area contributed by atoms with Crippen molar-refractivity contribution in [3.8, 4) is 0 Å². The van der Waals surface area contributed by atoms with Gasteiger partial charge >= 0.3 is 0 Å². The first-order valence-electron chi connectivity index (χ1n) is 6.58. The maximum atomic E-state index is 11.2. The van der Waals surface area contributed by atoms with Gasteiger partial charge in [-0.2, -0.15) is 4.98 Å². The number of halogens is 2. The first-order chi connectivity index (χ1) is 11.0. The molecule has 6 nitrogen and oxygen atoms in total. The van der Waals surface area contributed by atoms with Crippen molar-refractivity contribution in [2.24, 2.45) is 0 Å². The van der Waals surface area contributed by atoms with Crippen LogP contribution in [-0.2, 0) is 4.79 Å². The van der Waals surface area contributed by atoms with Crippen LogP contribution in [0.5, 0.6) is 0 Å². The summed E-state index contributed by atoms with van der Waals surface area (Å²) in [6.07, 6.45) is 0. The molecule has 0 radical (unpaired) electrons. The van der Waals surface area contributed by atoms with Crippen molar-refractivity contribution in [2.45, 2.75) is 0 Å². The lowest BCUT2D eigenvalue weighted by molar-refractivity contribution is -0.118. The molecule has 3 N–H and O–H groups in total. The molecule has 0 spiro atoms. The van der Waals surface area contributed by atoms with Crippen molar-refractivity contribution < 1.29 is 14.3 Å². The van der Waals surface area contributed by atoms with E-state index in [1.807, 2.05) is 0 Å². The Morgan fingerprint density at radius 2 is 2.00 bits per heavy atom. The van der Waals surface area contributed by atoms with E-state index in [4.69, 9.17) is 32.7 Å². The summed E-state index contributed by atoms with van der Waals surface area (Å²) in [5.41, 5.74) is 2.15. The van der Waals surface area contributed by atoms with Gasteiger partial charge in [0.1, 0.15) is 12.1 Å². The molecule has 0 atom stereocenters. The van der Waals surface area contributed by atoms with Crippen molar-refractivity contribution in [3.05, 3.63) is 46.4 Å². The van der Waals surface area contributed by atoms with Gasteiger partial charge in [0.25, 0.3) is 6.01 Å². The van der Waals surface area contributed by atoms with Crippen LogP contribution in [0.15, 0.2) is 40.8 Å². The largest absolute Gasteiger partial charge is 0.422 e. The number of benzene rings is 2. The molecule has 0 saturated heterocycles. The van der Waals surface area contributed by atoms with E-state index >= 15 is 0 Å². The number of nitrogens with one attached hydrogen (secondary N) is 2. The fraction of sp³-hybridized carbons (Fsp3) is 0.0667. The molecular formula is C15H11Cl2N3O3. The molecule has 1 heterocycles. The van der Waals surface area contributed by atoms with Crippen molar-refractivity contribution in [2.75, 3.05) is 17.2 Å². The van der Waals surface area contributed by atoms with E-state index in [1.54, 1.807) is 36.4 Å². The lowest BCUT2D eigenvalue weighted by Gasteiger charge is -2.06. The minimum atomic E-state index is -0.581. The molecular weight excluding hydrogens is 341 g/mol. The van der Waals surface area contributed by atoms with Gasteiger partial charge in [-0.15, -0.1) is 0 Å². The number of amides is 1. The van der Waals surface area contributed by atoms with E-state index in [-0.39, 0.29) is 6.01 Å². The summed E-state index contributed by atoms with van der Waals surface area (Å²) >= 11 is 12.0. The van der Waals surface area contributed by atoms with E-state index < -0.39 is 12.5 Å². The highest BCUT2D eigenvalue weighted by atomic mass is 35.5. The van der Waals surface area contributed by atoms with Crippen molar-refractivity contribution >= 4 is 57.6 Å². The van der Waals surface area contributed by atoms with Crippen LogP contribution in [0.2, 0.25) is 10.0 Å². The summed E-state index contributed by atoms with van der Waals surface area (Å²) in [4.78, 5) is 15.5. The fourth-order valence-electron chi connectivity index (χ4n) is 2.01. The number of anilines is 3. The molecule has 1 aromatic heterocycles. The van der Waals surface area contributed by atoms with Gasteiger partial charge in [-0.3, -0.25) is 4.79 Å². The average Bonchev–Trinajstić information content (AvgIpc) is 2.90. The molecule has 0 aliphatic heterocycles. The summed E-state index contributed by atoms with van der Waals surface area (Å²) in [5.74, 6) is -0.495. The quantitative estimate of drug-likeness (QED) is 0.665. The summed E-state index contributed by atoms with van der Waals surface area (Å²) in [7, 11) is 0. The maximum absolute atomic E-state index is 11.2. The molecule has 0 aliphatic rings. The first kappa shape index (κ1) is 15.6. The molecule has 3 rings (SSSR count). The summed E-state index contributed by atoms with van der Waals surface area (Å²) in [6.45, 7) is -0.581. The summed E-state index contributed by atoms with van der Waals surface area (Å²) in [5, 5.41) is 15.1. The third-order valence-corrected chi connectivity index (χ3v) is 3.45. The van der Waals surface area contributed by atoms with Gasteiger partial charge in [0.15, 0.2) is 5.58 Å². The number of carbonyl (C=O) groups excluding carboxylic acids is 1. The zero-order chi connectivity index (χ0) is 16.4. The number of rotatable bonds is 4. The fourth-order valence-corrected chi connectivity index (χ4v) is 2.53. The van der Waals surface area contributed by atoms with Crippen LogP contribution in [0.25, 0.3) is 11.1 Å². The van der Waals surface area contributed by atoms with E-state index in [0.29, 0.717) is 32.5 Å². The molecule has 23 heavy (non-hydrogen) atoms. The molecule has 3 aromatic rings. The zero-order valence-corrected chi connectivity index (χ0v) is 13.1. The molecule has 118 valence electrons. The molecule has 0 aliphatic carbocycles. The lowest BCUT2D eigenvalue weighted by atomic mass is 10.3. The number of hydrogen-bond donors (Lipinski definition) is 3. The molecule has 0 bridgehead atoms. The SMILES string of the molecule is O=C(CO)Nc1cccc(Nc2nc3cc(Cl)cc(Cl)c3o2)c1. The standard InChI is InChI=1S/C15H11Cl2N3O3/c16-8-4-11(17)14-12(5-8)20-15(23-14)19-10-3-1-2-9(6-10)18-13(22)7-21/h1-6,21H,7H2,(H,18,22)(H,19,20). The van der Waals surface area contributed by atoms with Crippen LogP contribution in [0.1, 0.15) is 0 Å². The predicted octanol–water partition coefficient (Wildman–Crippen LogP) is 3.81. The van der Waals surface area contributed by atoms with Gasteiger partial charge < -0.3 is 20.2 Å². The Morgan fingerprint density at radius 3 is 2.78 bits per heavy atom. The Hall–Kier alpha value is -2.28. The first-order valence-corrected chi connectivity index (χ1v) is 7.34. The second kappa shape index (κ2) is 6.45. The van der Waals surface area contributed by atoms with Crippen molar-refractivity contribution in [1.29, 1.82) is 0 Å². The van der Waals surface area contributed by atoms with Crippen molar-refractivity contribution in [1.82, 2.24) is 4.98 Å². The summed E-state index contributed by atoms with van der Waals surface area (Å²) < 4.78 is 5.56. The van der Waals surface area contributed by atoms with E-state index in [1.165, 1.54) is 0 Å². The molecule has 1 amide bonds. The Morgan fingerprint density at radius 1 is 1.22 bits per heavy atom. The van der Waals surface area contributed by atoms with Crippen LogP contribution in [-0.4, -0.2) is 22.6 Å². The van der Waals surface area contributed by atoms with Crippen LogP contribution in [0.3, 0.4) is 0 Å². The molecule has 8 heteroatoms. The maximum Gasteiger partial charge on any atom is 0.300 e. The average molecular weight is 352 g/mol. The van der Waals surface area contributed by atoms with Crippen LogP contribution >= 0.6 is 23.2 Å². The monoisotopic (exact) mass is 351 g/mol. The van der Waals surface area contributed by atoms with Crippen LogP contribution in [0.4, 0.5) is 17.4 Å². The number of carbonyl (C=O) groups is 1. The third kappa shape index (κ3) is 3.56. The van der Waals surface area contributed by atoms with Gasteiger partial charge in [-0.25, -0.2) is 0 Å². The van der Waals surface area contributed by atoms with Gasteiger partial charge in [-0.1, -0.05) is 29.3 Å². The Balaban J connectivity index is 1.86. The van der Waals surface area contributed by atoms with Crippen LogP contribution in [0, 0.1) is 0 Å². The van der Waals surface area contributed by atoms with Gasteiger partial charge in [0.2, 0.25) is 5.91 Å². The number of aliphatic hydroxyl groups excluding tert-OH is 1. The number of aliphatic hydroxyl groups is 1. The zero-order valence-electron chi connectivity index (χ0n) is 11.6. The van der Waals surface area contributed by atoms with E-state index in [0.717, 1.165) is 0 Å². The highest BCUT2D eigenvalue weighted by molar-refractivity contribution is 6.38. The van der Waals surface area contributed by atoms with Crippen molar-refractivity contribution in [3.63, 3.8) is 0 Å². The predicted molar refractivity (Wildman–Crippen MR) is 89.5 cm³/mol. The lowest BCUT2D eigenvalue weighted by Crippen LogP contribution is -2.15. The number of fused-ring (bicyclic) bond motifs is 1. The number of hydrogen-bond acceptors (Lipinski definition) is 5. The van der Waals surface area contributed by atoms with E-state index in [2.05, 4.69) is 15.6 Å². The minimum absolute atomic E-state index is 0.245. The Bertz CT molecular complexity index is 880. The number of aromatic nitrogens is 1. The Labute approximate surface area is 141 Å². The Kier molecular flexibility index (Phi) is 4.38. The highest BCUT2D eigenvalue weighted by Gasteiger charge is 2.11. The molecule has 0 fully saturated rings. The highest BCUT2D eigenvalue weighted by Crippen LogP contribution is 2.31. The van der Waals surface area contributed by atoms with Crippen LogP contribution < -0.4 is 10.6 Å². The topological polar surface area (TPSA) is 87.4 Å². The molecule has 0 saturated carbocycles. The van der Waals surface area contributed by atoms with E-state index in [9.17, 15) is 4.79 Å². The number of nitrogens with zero attached hydrogens (tertiary/aromatic N) is 1. The van der Waals surface area contributed by atoms with Gasteiger partial charge in [0.05, 0.1) is 5.02 Å². The molecule has 0 unspecified atom stereocenters.